The normalized spacial score (nSPS) is 11.5. The Bertz CT molecular complexity index is 457. The zero-order chi connectivity index (χ0) is 10.8. The number of hydrogen-bond acceptors (Lipinski definition) is 2. The average Bonchev–Trinajstić information content (AvgIpc) is 2.66. The molecule has 0 aliphatic heterocycles. The summed E-state index contributed by atoms with van der Waals surface area (Å²) in [5.41, 5.74) is 3.38. The molecule has 0 spiro atoms. The predicted molar refractivity (Wildman–Crippen MR) is 62.1 cm³/mol. The summed E-state index contributed by atoms with van der Waals surface area (Å²) in [5, 5.41) is 1.18. The minimum atomic E-state index is 0.460. The number of pyridine rings is 1. The highest BCUT2D eigenvalue weighted by Crippen LogP contribution is 2.27. The molecule has 0 bridgehead atoms. The minimum Gasteiger partial charge on any atom is -0.464 e. The third-order valence-corrected chi connectivity index (χ3v) is 2.71. The number of rotatable bonds is 3. The maximum Gasteiger partial charge on any atom is 0.140 e. The molecule has 0 aliphatic rings. The molecular weight excluding hydrogens is 186 g/mol. The zero-order valence-corrected chi connectivity index (χ0v) is 9.58. The molecule has 0 amide bonds. The fraction of sp³-hybridized carbons (Fsp3) is 0.462. The van der Waals surface area contributed by atoms with Crippen LogP contribution in [0.3, 0.4) is 0 Å². The molecule has 2 aromatic heterocycles. The fourth-order valence-corrected chi connectivity index (χ4v) is 1.88. The number of nitrogens with zero attached hydrogens (tertiary/aromatic N) is 1. The van der Waals surface area contributed by atoms with Gasteiger partial charge in [-0.1, -0.05) is 27.2 Å². The van der Waals surface area contributed by atoms with Gasteiger partial charge < -0.3 is 4.42 Å². The molecule has 0 radical (unpaired) electrons. The van der Waals surface area contributed by atoms with Crippen LogP contribution in [0.4, 0.5) is 0 Å². The first-order valence-corrected chi connectivity index (χ1v) is 5.59. The standard InChI is InChI=1S/C13H17NO/c1-4-5-12-10-6-7-15-13(10)11(8-14-12)9(2)3/h6-9H,4-5H2,1-3H3. The highest BCUT2D eigenvalue weighted by molar-refractivity contribution is 5.82. The van der Waals surface area contributed by atoms with Gasteiger partial charge in [0.05, 0.1) is 12.0 Å². The molecular formula is C13H17NO. The van der Waals surface area contributed by atoms with Crippen molar-refractivity contribution in [2.45, 2.75) is 39.5 Å². The molecule has 2 aromatic rings. The Balaban J connectivity index is 2.60. The van der Waals surface area contributed by atoms with Gasteiger partial charge in [0.15, 0.2) is 0 Å². The van der Waals surface area contributed by atoms with Gasteiger partial charge in [0.2, 0.25) is 0 Å². The molecule has 0 atom stereocenters. The maximum atomic E-state index is 5.56. The van der Waals surface area contributed by atoms with E-state index in [2.05, 4.69) is 25.8 Å². The number of hydrogen-bond donors (Lipinski definition) is 0. The molecule has 0 saturated heterocycles. The minimum absolute atomic E-state index is 0.460. The van der Waals surface area contributed by atoms with Gasteiger partial charge >= 0.3 is 0 Å². The summed E-state index contributed by atoms with van der Waals surface area (Å²) < 4.78 is 5.56. The molecule has 15 heavy (non-hydrogen) atoms. The van der Waals surface area contributed by atoms with Crippen LogP contribution in [0.1, 0.15) is 44.4 Å². The summed E-state index contributed by atoms with van der Waals surface area (Å²) in [5.74, 6) is 0.460. The van der Waals surface area contributed by atoms with E-state index in [0.717, 1.165) is 24.1 Å². The molecule has 0 aromatic carbocycles. The molecule has 0 fully saturated rings. The van der Waals surface area contributed by atoms with Crippen LogP contribution >= 0.6 is 0 Å². The highest BCUT2D eigenvalue weighted by Gasteiger charge is 2.11. The largest absolute Gasteiger partial charge is 0.464 e. The summed E-state index contributed by atoms with van der Waals surface area (Å²) >= 11 is 0. The Morgan fingerprint density at radius 1 is 1.40 bits per heavy atom. The zero-order valence-electron chi connectivity index (χ0n) is 9.58. The molecule has 0 saturated carbocycles. The third-order valence-electron chi connectivity index (χ3n) is 2.71. The van der Waals surface area contributed by atoms with Gasteiger partial charge in [0, 0.05) is 17.1 Å². The van der Waals surface area contributed by atoms with Gasteiger partial charge in [0.25, 0.3) is 0 Å². The van der Waals surface area contributed by atoms with Gasteiger partial charge in [-0.25, -0.2) is 0 Å². The Hall–Kier alpha value is -1.31. The van der Waals surface area contributed by atoms with Crippen molar-refractivity contribution >= 4 is 11.0 Å². The lowest BCUT2D eigenvalue weighted by Gasteiger charge is -2.07. The van der Waals surface area contributed by atoms with Crippen LogP contribution in [-0.4, -0.2) is 4.98 Å². The number of aryl methyl sites for hydroxylation is 1. The quantitative estimate of drug-likeness (QED) is 0.756. The molecule has 80 valence electrons. The van der Waals surface area contributed by atoms with E-state index < -0.39 is 0 Å². The second kappa shape index (κ2) is 4.05. The fourth-order valence-electron chi connectivity index (χ4n) is 1.88. The summed E-state index contributed by atoms with van der Waals surface area (Å²) in [4.78, 5) is 4.53. The summed E-state index contributed by atoms with van der Waals surface area (Å²) in [7, 11) is 0. The van der Waals surface area contributed by atoms with E-state index in [1.165, 1.54) is 10.9 Å². The first-order chi connectivity index (χ1) is 7.24. The first-order valence-electron chi connectivity index (χ1n) is 5.59. The van der Waals surface area contributed by atoms with E-state index in [0.29, 0.717) is 5.92 Å². The van der Waals surface area contributed by atoms with E-state index in [4.69, 9.17) is 4.42 Å². The monoisotopic (exact) mass is 203 g/mol. The Kier molecular flexibility index (Phi) is 2.76. The van der Waals surface area contributed by atoms with E-state index in [1.54, 1.807) is 6.26 Å². The molecule has 2 heterocycles. The third kappa shape index (κ3) is 1.76. The van der Waals surface area contributed by atoms with Gasteiger partial charge in [-0.05, 0) is 18.4 Å². The predicted octanol–water partition coefficient (Wildman–Crippen LogP) is 3.90. The molecule has 2 rings (SSSR count). The Morgan fingerprint density at radius 3 is 2.87 bits per heavy atom. The second-order valence-corrected chi connectivity index (χ2v) is 4.23. The SMILES string of the molecule is CCCc1ncc(C(C)C)c2occc12. The van der Waals surface area contributed by atoms with Crippen LogP contribution in [0.5, 0.6) is 0 Å². The van der Waals surface area contributed by atoms with Crippen molar-refractivity contribution in [2.75, 3.05) is 0 Å². The summed E-state index contributed by atoms with van der Waals surface area (Å²) in [6, 6.07) is 2.03. The molecule has 0 N–H and O–H groups in total. The first kappa shape index (κ1) is 10.2. The van der Waals surface area contributed by atoms with Crippen LogP contribution in [0.15, 0.2) is 22.9 Å². The number of furan rings is 1. The second-order valence-electron chi connectivity index (χ2n) is 4.23. The van der Waals surface area contributed by atoms with Gasteiger partial charge in [-0.15, -0.1) is 0 Å². The molecule has 2 nitrogen and oxygen atoms in total. The van der Waals surface area contributed by atoms with Crippen molar-refractivity contribution in [3.63, 3.8) is 0 Å². The Morgan fingerprint density at radius 2 is 2.20 bits per heavy atom. The highest BCUT2D eigenvalue weighted by atomic mass is 16.3. The molecule has 0 unspecified atom stereocenters. The van der Waals surface area contributed by atoms with Crippen molar-refractivity contribution < 1.29 is 4.42 Å². The van der Waals surface area contributed by atoms with E-state index >= 15 is 0 Å². The van der Waals surface area contributed by atoms with Gasteiger partial charge in [0.1, 0.15) is 5.58 Å². The number of aromatic nitrogens is 1. The lowest BCUT2D eigenvalue weighted by Crippen LogP contribution is -1.95. The average molecular weight is 203 g/mol. The summed E-state index contributed by atoms with van der Waals surface area (Å²) in [6.07, 6.45) is 5.86. The van der Waals surface area contributed by atoms with E-state index in [1.807, 2.05) is 12.3 Å². The van der Waals surface area contributed by atoms with Gasteiger partial charge in [-0.3, -0.25) is 4.98 Å². The Labute approximate surface area is 90.3 Å². The van der Waals surface area contributed by atoms with E-state index in [-0.39, 0.29) is 0 Å². The van der Waals surface area contributed by atoms with Crippen LogP contribution in [0.2, 0.25) is 0 Å². The molecule has 0 aliphatic carbocycles. The van der Waals surface area contributed by atoms with Crippen LogP contribution in [0.25, 0.3) is 11.0 Å². The van der Waals surface area contributed by atoms with Crippen LogP contribution in [-0.2, 0) is 6.42 Å². The topological polar surface area (TPSA) is 26.0 Å². The van der Waals surface area contributed by atoms with Crippen molar-refractivity contribution in [2.24, 2.45) is 0 Å². The lowest BCUT2D eigenvalue weighted by atomic mass is 10.0. The summed E-state index contributed by atoms with van der Waals surface area (Å²) in [6.45, 7) is 6.50. The van der Waals surface area contributed by atoms with Crippen molar-refractivity contribution in [1.82, 2.24) is 4.98 Å². The lowest BCUT2D eigenvalue weighted by molar-refractivity contribution is 0.606. The smallest absolute Gasteiger partial charge is 0.140 e. The molecule has 2 heteroatoms. The van der Waals surface area contributed by atoms with E-state index in [9.17, 15) is 0 Å². The van der Waals surface area contributed by atoms with Crippen molar-refractivity contribution in [1.29, 1.82) is 0 Å². The number of fused-ring (bicyclic) bond motifs is 1. The van der Waals surface area contributed by atoms with Crippen LogP contribution in [0, 0.1) is 0 Å². The van der Waals surface area contributed by atoms with Gasteiger partial charge in [-0.2, -0.15) is 0 Å². The van der Waals surface area contributed by atoms with Crippen LogP contribution < -0.4 is 0 Å². The van der Waals surface area contributed by atoms with Crippen molar-refractivity contribution in [3.05, 3.63) is 29.8 Å². The maximum absolute atomic E-state index is 5.56. The van der Waals surface area contributed by atoms with Crippen molar-refractivity contribution in [3.8, 4) is 0 Å².